The van der Waals surface area contributed by atoms with E-state index in [2.05, 4.69) is 29.6 Å². The van der Waals surface area contributed by atoms with Crippen LogP contribution in [0.25, 0.3) is 0 Å². The smallest absolute Gasteiger partial charge is 0.178 e. The van der Waals surface area contributed by atoms with Crippen molar-refractivity contribution in [2.75, 3.05) is 10.7 Å². The lowest BCUT2D eigenvalue weighted by Gasteiger charge is -2.11. The molecule has 0 fully saturated rings. The fourth-order valence-corrected chi connectivity index (χ4v) is 1.74. The SMILES string of the molecule is CC(C)c1ccc(Nc2nc(NN)c(F)cc2F)cc1. The van der Waals surface area contributed by atoms with Crippen LogP contribution in [-0.4, -0.2) is 4.98 Å². The first-order chi connectivity index (χ1) is 9.51. The number of hydrogen-bond acceptors (Lipinski definition) is 4. The van der Waals surface area contributed by atoms with E-state index in [4.69, 9.17) is 5.84 Å². The third kappa shape index (κ3) is 3.03. The normalized spacial score (nSPS) is 10.7. The molecule has 1 heterocycles. The summed E-state index contributed by atoms with van der Waals surface area (Å²) in [6, 6.07) is 8.24. The molecule has 1 aromatic carbocycles. The molecule has 0 aliphatic rings. The van der Waals surface area contributed by atoms with E-state index in [1.807, 2.05) is 24.3 Å². The van der Waals surface area contributed by atoms with E-state index < -0.39 is 11.6 Å². The van der Waals surface area contributed by atoms with Crippen molar-refractivity contribution in [3.05, 3.63) is 47.5 Å². The fraction of sp³-hybridized carbons (Fsp3) is 0.214. The maximum Gasteiger partial charge on any atom is 0.178 e. The lowest BCUT2D eigenvalue weighted by Crippen LogP contribution is -2.12. The molecular formula is C14H16F2N4. The Bertz CT molecular complexity index is 597. The average molecular weight is 278 g/mol. The van der Waals surface area contributed by atoms with Gasteiger partial charge in [-0.3, -0.25) is 0 Å². The largest absolute Gasteiger partial charge is 0.338 e. The molecule has 4 N–H and O–H groups in total. The first kappa shape index (κ1) is 14.2. The number of hydrogen-bond donors (Lipinski definition) is 3. The van der Waals surface area contributed by atoms with Gasteiger partial charge in [-0.05, 0) is 23.6 Å². The quantitative estimate of drug-likeness (QED) is 0.591. The molecule has 6 heteroatoms. The second-order valence-corrected chi connectivity index (χ2v) is 4.70. The number of anilines is 3. The zero-order valence-corrected chi connectivity index (χ0v) is 11.2. The van der Waals surface area contributed by atoms with Gasteiger partial charge in [-0.15, -0.1) is 0 Å². The van der Waals surface area contributed by atoms with Crippen LogP contribution in [0.3, 0.4) is 0 Å². The van der Waals surface area contributed by atoms with Crippen LogP contribution in [0.1, 0.15) is 25.3 Å². The van der Waals surface area contributed by atoms with Gasteiger partial charge in [0.15, 0.2) is 23.3 Å². The van der Waals surface area contributed by atoms with Gasteiger partial charge in [-0.25, -0.2) is 19.6 Å². The van der Waals surface area contributed by atoms with E-state index in [1.54, 1.807) is 0 Å². The van der Waals surface area contributed by atoms with Gasteiger partial charge in [-0.1, -0.05) is 26.0 Å². The third-order valence-electron chi connectivity index (χ3n) is 2.91. The summed E-state index contributed by atoms with van der Waals surface area (Å²) >= 11 is 0. The Kier molecular flexibility index (Phi) is 4.14. The molecule has 20 heavy (non-hydrogen) atoms. The Hall–Kier alpha value is -2.21. The van der Waals surface area contributed by atoms with Gasteiger partial charge in [-0.2, -0.15) is 0 Å². The number of benzene rings is 1. The van der Waals surface area contributed by atoms with Crippen molar-refractivity contribution in [2.45, 2.75) is 19.8 Å². The number of aromatic nitrogens is 1. The minimum absolute atomic E-state index is 0.0864. The van der Waals surface area contributed by atoms with Gasteiger partial charge < -0.3 is 10.7 Å². The van der Waals surface area contributed by atoms with Crippen molar-refractivity contribution in [2.24, 2.45) is 5.84 Å². The van der Waals surface area contributed by atoms with Crippen molar-refractivity contribution in [3.8, 4) is 0 Å². The average Bonchev–Trinajstić information content (AvgIpc) is 2.42. The minimum Gasteiger partial charge on any atom is -0.338 e. The second-order valence-electron chi connectivity index (χ2n) is 4.70. The molecule has 106 valence electrons. The molecule has 0 amide bonds. The van der Waals surface area contributed by atoms with E-state index in [0.29, 0.717) is 11.6 Å². The van der Waals surface area contributed by atoms with Gasteiger partial charge >= 0.3 is 0 Å². The molecule has 0 atom stereocenters. The fourth-order valence-electron chi connectivity index (χ4n) is 1.74. The highest BCUT2D eigenvalue weighted by Gasteiger charge is 2.11. The minimum atomic E-state index is -0.842. The highest BCUT2D eigenvalue weighted by atomic mass is 19.1. The van der Waals surface area contributed by atoms with Crippen LogP contribution in [0.2, 0.25) is 0 Å². The predicted octanol–water partition coefficient (Wildman–Crippen LogP) is 3.51. The maximum atomic E-state index is 13.6. The van der Waals surface area contributed by atoms with Crippen molar-refractivity contribution in [1.82, 2.24) is 4.98 Å². The van der Waals surface area contributed by atoms with Gasteiger partial charge in [0.25, 0.3) is 0 Å². The Morgan fingerprint density at radius 3 is 2.20 bits per heavy atom. The van der Waals surface area contributed by atoms with Crippen molar-refractivity contribution in [3.63, 3.8) is 0 Å². The van der Waals surface area contributed by atoms with Crippen molar-refractivity contribution >= 4 is 17.3 Å². The number of nitrogens with zero attached hydrogens (tertiary/aromatic N) is 1. The topological polar surface area (TPSA) is 63.0 Å². The molecule has 0 aliphatic heterocycles. The van der Waals surface area contributed by atoms with Crippen LogP contribution in [0.5, 0.6) is 0 Å². The van der Waals surface area contributed by atoms with E-state index in [9.17, 15) is 8.78 Å². The van der Waals surface area contributed by atoms with Crippen LogP contribution < -0.4 is 16.6 Å². The van der Waals surface area contributed by atoms with E-state index >= 15 is 0 Å². The van der Waals surface area contributed by atoms with Crippen LogP contribution in [-0.2, 0) is 0 Å². The molecule has 2 rings (SSSR count). The molecule has 1 aromatic heterocycles. The monoisotopic (exact) mass is 278 g/mol. The van der Waals surface area contributed by atoms with E-state index in [-0.39, 0.29) is 11.6 Å². The molecule has 4 nitrogen and oxygen atoms in total. The predicted molar refractivity (Wildman–Crippen MR) is 75.8 cm³/mol. The van der Waals surface area contributed by atoms with Crippen LogP contribution in [0.15, 0.2) is 30.3 Å². The summed E-state index contributed by atoms with van der Waals surface area (Å²) in [5.74, 6) is 3.60. The Morgan fingerprint density at radius 1 is 1.05 bits per heavy atom. The molecule has 0 aliphatic carbocycles. The van der Waals surface area contributed by atoms with Gasteiger partial charge in [0.1, 0.15) is 0 Å². The second kappa shape index (κ2) is 5.83. The molecule has 0 radical (unpaired) electrons. The number of nitrogens with one attached hydrogen (secondary N) is 2. The standard InChI is InChI=1S/C14H16F2N4/c1-8(2)9-3-5-10(6-4-9)18-13-11(15)7-12(16)14(19-13)20-17/h3-8H,17H2,1-2H3,(H2,18,19,20). The summed E-state index contributed by atoms with van der Waals surface area (Å²) in [4.78, 5) is 3.75. The molecule has 2 aromatic rings. The Labute approximate surface area is 116 Å². The van der Waals surface area contributed by atoms with Crippen LogP contribution in [0, 0.1) is 11.6 Å². The number of nitrogens with two attached hydrogens (primary N) is 1. The maximum absolute atomic E-state index is 13.6. The van der Waals surface area contributed by atoms with Gasteiger partial charge in [0.05, 0.1) is 0 Å². The number of halogens is 2. The van der Waals surface area contributed by atoms with E-state index in [0.717, 1.165) is 6.07 Å². The number of nitrogen functional groups attached to an aromatic ring is 1. The summed E-state index contributed by atoms with van der Waals surface area (Å²) in [6.45, 7) is 4.17. The summed E-state index contributed by atoms with van der Waals surface area (Å²) in [5.41, 5.74) is 3.92. The number of hydrazine groups is 1. The highest BCUT2D eigenvalue weighted by Crippen LogP contribution is 2.23. The Balaban J connectivity index is 2.25. The van der Waals surface area contributed by atoms with Crippen molar-refractivity contribution < 1.29 is 8.78 Å². The third-order valence-corrected chi connectivity index (χ3v) is 2.91. The summed E-state index contributed by atoms with van der Waals surface area (Å²) in [6.07, 6.45) is 0. The first-order valence-corrected chi connectivity index (χ1v) is 6.21. The molecule has 0 bridgehead atoms. The molecular weight excluding hydrogens is 262 g/mol. The molecule has 0 spiro atoms. The summed E-state index contributed by atoms with van der Waals surface area (Å²) in [7, 11) is 0. The zero-order valence-electron chi connectivity index (χ0n) is 11.2. The molecule has 0 unspecified atom stereocenters. The summed E-state index contributed by atoms with van der Waals surface area (Å²) < 4.78 is 26.9. The molecule has 0 saturated heterocycles. The zero-order chi connectivity index (χ0) is 14.7. The lowest BCUT2D eigenvalue weighted by atomic mass is 10.0. The van der Waals surface area contributed by atoms with Gasteiger partial charge in [0, 0.05) is 11.8 Å². The Morgan fingerprint density at radius 2 is 1.65 bits per heavy atom. The van der Waals surface area contributed by atoms with Crippen LogP contribution in [0.4, 0.5) is 26.1 Å². The highest BCUT2D eigenvalue weighted by molar-refractivity contribution is 5.59. The lowest BCUT2D eigenvalue weighted by molar-refractivity contribution is 0.579. The van der Waals surface area contributed by atoms with Crippen molar-refractivity contribution in [1.29, 1.82) is 0 Å². The van der Waals surface area contributed by atoms with E-state index in [1.165, 1.54) is 5.56 Å². The van der Waals surface area contributed by atoms with Crippen LogP contribution >= 0.6 is 0 Å². The molecule has 0 saturated carbocycles. The number of rotatable bonds is 4. The van der Waals surface area contributed by atoms with Gasteiger partial charge in [0.2, 0.25) is 0 Å². The number of pyridine rings is 1. The first-order valence-electron chi connectivity index (χ1n) is 6.21. The summed E-state index contributed by atoms with van der Waals surface area (Å²) in [5, 5.41) is 2.79.